The summed E-state index contributed by atoms with van der Waals surface area (Å²) in [7, 11) is 0. The summed E-state index contributed by atoms with van der Waals surface area (Å²) < 4.78 is 5.10. The second kappa shape index (κ2) is 5.09. The molecule has 0 unspecified atom stereocenters. The summed E-state index contributed by atoms with van der Waals surface area (Å²) in [6, 6.07) is 8.84. The second-order valence-corrected chi connectivity index (χ2v) is 9.16. The second-order valence-electron chi connectivity index (χ2n) is 9.16. The predicted molar refractivity (Wildman–Crippen MR) is 92.9 cm³/mol. The van der Waals surface area contributed by atoms with Crippen LogP contribution in [0.2, 0.25) is 0 Å². The van der Waals surface area contributed by atoms with Gasteiger partial charge in [-0.25, -0.2) is 0 Å². The Labute approximate surface area is 148 Å². The number of likely N-dealkylation sites (tertiary alicyclic amines) is 1. The number of hydrogen-bond donors (Lipinski definition) is 0. The van der Waals surface area contributed by atoms with Crippen LogP contribution in [0.5, 0.6) is 0 Å². The molecule has 2 heterocycles. The van der Waals surface area contributed by atoms with Gasteiger partial charge in [0.05, 0.1) is 13.0 Å². The van der Waals surface area contributed by atoms with Gasteiger partial charge in [-0.3, -0.25) is 9.59 Å². The highest BCUT2D eigenvalue weighted by Crippen LogP contribution is 2.58. The molecule has 5 rings (SSSR count). The molecule has 4 aliphatic rings. The van der Waals surface area contributed by atoms with Crippen LogP contribution in [0.3, 0.4) is 0 Å². The Balaban J connectivity index is 1.12. The Morgan fingerprint density at radius 2 is 1.92 bits per heavy atom. The Hall–Kier alpha value is -1.84. The zero-order valence-electron chi connectivity index (χ0n) is 14.8. The molecule has 0 N–H and O–H groups in total. The van der Waals surface area contributed by atoms with Crippen LogP contribution in [0.15, 0.2) is 24.3 Å². The molecule has 0 bridgehead atoms. The molecule has 25 heavy (non-hydrogen) atoms. The van der Waals surface area contributed by atoms with Crippen molar-refractivity contribution in [1.29, 1.82) is 0 Å². The highest BCUT2D eigenvalue weighted by Gasteiger charge is 2.58. The topological polar surface area (TPSA) is 46.6 Å². The third-order valence-corrected chi connectivity index (χ3v) is 7.00. The summed E-state index contributed by atoms with van der Waals surface area (Å²) in [5, 5.41) is 0. The lowest BCUT2D eigenvalue weighted by Gasteiger charge is -2.60. The minimum atomic E-state index is -0.0922. The number of hydrogen-bond acceptors (Lipinski definition) is 3. The van der Waals surface area contributed by atoms with Gasteiger partial charge >= 0.3 is 5.97 Å². The Kier molecular flexibility index (Phi) is 3.14. The maximum Gasteiger partial charge on any atom is 0.306 e. The first kappa shape index (κ1) is 15.4. The Bertz CT molecular complexity index is 735. The molecule has 4 nitrogen and oxygen atoms in total. The summed E-state index contributed by atoms with van der Waals surface area (Å²) >= 11 is 0. The fourth-order valence-electron chi connectivity index (χ4n) is 5.65. The zero-order valence-corrected chi connectivity index (χ0v) is 14.8. The fourth-order valence-corrected chi connectivity index (χ4v) is 5.65. The van der Waals surface area contributed by atoms with Gasteiger partial charge in [-0.05, 0) is 44.1 Å². The zero-order chi connectivity index (χ0) is 17.2. The van der Waals surface area contributed by atoms with Crippen LogP contribution in [-0.2, 0) is 14.3 Å². The maximum absolute atomic E-state index is 12.7. The smallest absolute Gasteiger partial charge is 0.306 e. The molecule has 4 heteroatoms. The molecule has 2 saturated carbocycles. The molecule has 4 fully saturated rings. The van der Waals surface area contributed by atoms with E-state index in [0.29, 0.717) is 30.3 Å². The minimum absolute atomic E-state index is 0.00724. The molecule has 2 aliphatic carbocycles. The van der Waals surface area contributed by atoms with Gasteiger partial charge in [-0.2, -0.15) is 0 Å². The standard InChI is InChI=1S/C21H25NO3/c1-14-3-2-4-15(5-14)16-6-21(7-16)11-22(12-21)19(24)17-8-20(9-17)10-18(23)25-13-20/h2-5,16-17H,6-13H2,1H3. The van der Waals surface area contributed by atoms with E-state index in [9.17, 15) is 9.59 Å². The maximum atomic E-state index is 12.7. The summed E-state index contributed by atoms with van der Waals surface area (Å²) in [5.41, 5.74) is 3.17. The Morgan fingerprint density at radius 1 is 1.16 bits per heavy atom. The van der Waals surface area contributed by atoms with Gasteiger partial charge in [-0.15, -0.1) is 0 Å². The van der Waals surface area contributed by atoms with Crippen molar-refractivity contribution in [2.45, 2.75) is 44.9 Å². The summed E-state index contributed by atoms with van der Waals surface area (Å²) in [6.45, 7) is 4.55. The van der Waals surface area contributed by atoms with Crippen molar-refractivity contribution >= 4 is 11.9 Å². The number of benzene rings is 1. The molecule has 2 saturated heterocycles. The normalized spacial score (nSPS) is 29.1. The lowest BCUT2D eigenvalue weighted by molar-refractivity contribution is -0.163. The van der Waals surface area contributed by atoms with Crippen LogP contribution in [0.4, 0.5) is 0 Å². The van der Waals surface area contributed by atoms with Crippen LogP contribution >= 0.6 is 0 Å². The van der Waals surface area contributed by atoms with Crippen molar-refractivity contribution in [2.75, 3.05) is 19.7 Å². The van der Waals surface area contributed by atoms with Gasteiger partial charge in [0.25, 0.3) is 0 Å². The number of rotatable bonds is 2. The highest BCUT2D eigenvalue weighted by atomic mass is 16.5. The number of aryl methyl sites for hydroxylation is 1. The molecular weight excluding hydrogens is 314 g/mol. The average Bonchev–Trinajstić information content (AvgIpc) is 2.85. The van der Waals surface area contributed by atoms with Crippen LogP contribution in [0.25, 0.3) is 0 Å². The Morgan fingerprint density at radius 3 is 2.56 bits per heavy atom. The first-order valence-electron chi connectivity index (χ1n) is 9.47. The van der Waals surface area contributed by atoms with Crippen LogP contribution in [0.1, 0.15) is 49.1 Å². The van der Waals surface area contributed by atoms with E-state index in [-0.39, 0.29) is 17.3 Å². The third kappa shape index (κ3) is 2.41. The predicted octanol–water partition coefficient (Wildman–Crippen LogP) is 3.04. The number of nitrogens with zero attached hydrogens (tertiary/aromatic N) is 1. The molecule has 0 aromatic heterocycles. The number of carbonyl (C=O) groups is 2. The third-order valence-electron chi connectivity index (χ3n) is 7.00. The molecule has 1 amide bonds. The van der Waals surface area contributed by atoms with E-state index in [1.165, 1.54) is 24.0 Å². The van der Waals surface area contributed by atoms with Crippen LogP contribution < -0.4 is 0 Å². The fraction of sp³-hybridized carbons (Fsp3) is 0.619. The quantitative estimate of drug-likeness (QED) is 0.778. The largest absolute Gasteiger partial charge is 0.465 e. The lowest BCUT2D eigenvalue weighted by atomic mass is 9.55. The minimum Gasteiger partial charge on any atom is -0.465 e. The number of ether oxygens (including phenoxy) is 1. The lowest BCUT2D eigenvalue weighted by Crippen LogP contribution is -2.65. The number of cyclic esters (lactones) is 1. The molecular formula is C21H25NO3. The van der Waals surface area contributed by atoms with Gasteiger partial charge in [0.1, 0.15) is 0 Å². The van der Waals surface area contributed by atoms with Crippen molar-refractivity contribution in [3.05, 3.63) is 35.4 Å². The van der Waals surface area contributed by atoms with Crippen LogP contribution in [-0.4, -0.2) is 36.5 Å². The highest BCUT2D eigenvalue weighted by molar-refractivity contribution is 5.82. The monoisotopic (exact) mass is 339 g/mol. The van der Waals surface area contributed by atoms with Gasteiger partial charge < -0.3 is 9.64 Å². The first-order chi connectivity index (χ1) is 12.0. The van der Waals surface area contributed by atoms with E-state index in [2.05, 4.69) is 36.1 Å². The summed E-state index contributed by atoms with van der Waals surface area (Å²) in [5.74, 6) is 1.02. The number of carbonyl (C=O) groups excluding carboxylic acids is 2. The van der Waals surface area contributed by atoms with Crippen molar-refractivity contribution in [3.63, 3.8) is 0 Å². The van der Waals surface area contributed by atoms with Gasteiger partial charge in [0.2, 0.25) is 5.91 Å². The molecule has 1 aromatic carbocycles. The van der Waals surface area contributed by atoms with Crippen molar-refractivity contribution in [2.24, 2.45) is 16.7 Å². The van der Waals surface area contributed by atoms with E-state index in [0.717, 1.165) is 25.9 Å². The van der Waals surface area contributed by atoms with E-state index < -0.39 is 0 Å². The summed E-state index contributed by atoms with van der Waals surface area (Å²) in [4.78, 5) is 26.0. The van der Waals surface area contributed by atoms with Crippen molar-refractivity contribution in [1.82, 2.24) is 4.90 Å². The van der Waals surface area contributed by atoms with Crippen molar-refractivity contribution in [3.8, 4) is 0 Å². The molecule has 2 aliphatic heterocycles. The average molecular weight is 339 g/mol. The van der Waals surface area contributed by atoms with Gasteiger partial charge in [0, 0.05) is 29.8 Å². The van der Waals surface area contributed by atoms with E-state index in [4.69, 9.17) is 4.74 Å². The first-order valence-corrected chi connectivity index (χ1v) is 9.47. The summed E-state index contributed by atoms with van der Waals surface area (Å²) in [6.07, 6.45) is 4.63. The number of esters is 1. The van der Waals surface area contributed by atoms with E-state index in [1.54, 1.807) is 0 Å². The molecule has 0 radical (unpaired) electrons. The SMILES string of the molecule is Cc1cccc(C2CC3(C2)CN(C(=O)C2CC4(COC(=O)C4)C2)C3)c1. The molecule has 2 spiro atoms. The van der Waals surface area contributed by atoms with Gasteiger partial charge in [-0.1, -0.05) is 29.8 Å². The molecule has 0 atom stereocenters. The van der Waals surface area contributed by atoms with Crippen molar-refractivity contribution < 1.29 is 14.3 Å². The van der Waals surface area contributed by atoms with E-state index in [1.807, 2.05) is 0 Å². The van der Waals surface area contributed by atoms with Gasteiger partial charge in [0.15, 0.2) is 0 Å². The number of amides is 1. The van der Waals surface area contributed by atoms with E-state index >= 15 is 0 Å². The molecule has 132 valence electrons. The van der Waals surface area contributed by atoms with Crippen LogP contribution in [0, 0.1) is 23.7 Å². The molecule has 1 aromatic rings.